The summed E-state index contributed by atoms with van der Waals surface area (Å²) in [5.74, 6) is 1.03. The fourth-order valence-electron chi connectivity index (χ4n) is 3.06. The first-order valence-electron chi connectivity index (χ1n) is 9.05. The maximum atomic E-state index is 12.6. The van der Waals surface area contributed by atoms with Crippen molar-refractivity contribution in [3.8, 4) is 0 Å². The van der Waals surface area contributed by atoms with Gasteiger partial charge in [0, 0.05) is 13.0 Å². The van der Waals surface area contributed by atoms with Crippen molar-refractivity contribution >= 4 is 15.9 Å². The van der Waals surface area contributed by atoms with Gasteiger partial charge in [0.25, 0.3) is 0 Å². The lowest BCUT2D eigenvalue weighted by Gasteiger charge is -2.21. The fraction of sp³-hybridized carbons (Fsp3) is 0.500. The molecule has 0 saturated carbocycles. The Balaban J connectivity index is 1.69. The summed E-state index contributed by atoms with van der Waals surface area (Å²) in [4.78, 5) is 12.8. The Labute approximate surface area is 159 Å². The molecule has 0 saturated heterocycles. The van der Waals surface area contributed by atoms with E-state index in [0.717, 1.165) is 30.8 Å². The third-order valence-electron chi connectivity index (χ3n) is 4.67. The second-order valence-corrected chi connectivity index (χ2v) is 8.88. The first-order valence-corrected chi connectivity index (χ1v) is 10.5. The van der Waals surface area contributed by atoms with Crippen LogP contribution in [-0.4, -0.2) is 35.1 Å². The number of fused-ring (bicyclic) bond motifs is 1. The van der Waals surface area contributed by atoms with Gasteiger partial charge in [0.2, 0.25) is 15.9 Å². The number of rotatable bonds is 7. The molecule has 1 aliphatic rings. The number of amides is 1. The summed E-state index contributed by atoms with van der Waals surface area (Å²) < 4.78 is 29.8. The molecule has 0 aliphatic carbocycles. The number of nitrogens with one attached hydrogen (secondary N) is 2. The van der Waals surface area contributed by atoms with Gasteiger partial charge in [0.1, 0.15) is 11.9 Å². The summed E-state index contributed by atoms with van der Waals surface area (Å²) in [5.41, 5.74) is 0.966. The number of hydrogen-bond donors (Lipinski definition) is 2. The molecule has 3 rings (SSSR count). The Morgan fingerprint density at radius 2 is 1.93 bits per heavy atom. The number of aromatic nitrogens is 3. The summed E-state index contributed by atoms with van der Waals surface area (Å²) in [5, 5.41) is 11.0. The molecule has 1 atom stereocenters. The van der Waals surface area contributed by atoms with Crippen LogP contribution in [0.3, 0.4) is 0 Å². The van der Waals surface area contributed by atoms with E-state index in [0.29, 0.717) is 5.82 Å². The number of sulfonamides is 1. The highest BCUT2D eigenvalue weighted by atomic mass is 32.2. The third-order valence-corrected chi connectivity index (χ3v) is 6.13. The van der Waals surface area contributed by atoms with E-state index in [4.69, 9.17) is 0 Å². The number of carbonyl (C=O) groups excluding carboxylic acids is 1. The minimum atomic E-state index is -3.79. The van der Waals surface area contributed by atoms with Gasteiger partial charge in [-0.05, 0) is 31.4 Å². The predicted octanol–water partition coefficient (Wildman–Crippen LogP) is 1.15. The lowest BCUT2D eigenvalue weighted by Crippen LogP contribution is -2.49. The van der Waals surface area contributed by atoms with Crippen LogP contribution in [0, 0.1) is 12.8 Å². The van der Waals surface area contributed by atoms with Crippen molar-refractivity contribution in [1.29, 1.82) is 0 Å². The van der Waals surface area contributed by atoms with Gasteiger partial charge in [0.05, 0.1) is 11.4 Å². The van der Waals surface area contributed by atoms with Gasteiger partial charge in [-0.15, -0.1) is 10.2 Å². The Morgan fingerprint density at radius 1 is 1.22 bits per heavy atom. The van der Waals surface area contributed by atoms with Crippen LogP contribution in [0.25, 0.3) is 0 Å². The molecule has 2 N–H and O–H groups in total. The lowest BCUT2D eigenvalue weighted by molar-refractivity contribution is -0.123. The van der Waals surface area contributed by atoms with Crippen molar-refractivity contribution in [2.75, 3.05) is 0 Å². The Morgan fingerprint density at radius 3 is 2.59 bits per heavy atom. The van der Waals surface area contributed by atoms with Crippen molar-refractivity contribution < 1.29 is 13.2 Å². The van der Waals surface area contributed by atoms with Gasteiger partial charge >= 0.3 is 0 Å². The lowest BCUT2D eigenvalue weighted by atomic mass is 10.1. The van der Waals surface area contributed by atoms with Gasteiger partial charge < -0.3 is 9.88 Å². The summed E-state index contributed by atoms with van der Waals surface area (Å²) in [6.07, 6.45) is 1.92. The molecule has 1 aromatic carbocycles. The van der Waals surface area contributed by atoms with E-state index in [-0.39, 0.29) is 23.3 Å². The van der Waals surface area contributed by atoms with Crippen LogP contribution in [0.5, 0.6) is 0 Å². The first-order chi connectivity index (χ1) is 12.8. The molecule has 0 radical (unpaired) electrons. The minimum Gasteiger partial charge on any atom is -0.347 e. The van der Waals surface area contributed by atoms with Gasteiger partial charge in [-0.3, -0.25) is 4.79 Å². The van der Waals surface area contributed by atoms with Crippen molar-refractivity contribution in [2.45, 2.75) is 57.6 Å². The molecule has 2 aromatic rings. The molecule has 8 nitrogen and oxygen atoms in total. The normalized spacial score (nSPS) is 15.0. The zero-order valence-electron chi connectivity index (χ0n) is 15.8. The van der Waals surface area contributed by atoms with E-state index in [9.17, 15) is 13.2 Å². The van der Waals surface area contributed by atoms with E-state index in [2.05, 4.69) is 20.2 Å². The van der Waals surface area contributed by atoms with Gasteiger partial charge in [0.15, 0.2) is 5.82 Å². The van der Waals surface area contributed by atoms with Crippen LogP contribution in [0.15, 0.2) is 29.2 Å². The summed E-state index contributed by atoms with van der Waals surface area (Å²) in [7, 11) is -3.79. The molecular formula is C18H25N5O3S. The quantitative estimate of drug-likeness (QED) is 0.736. The number of carbonyl (C=O) groups is 1. The molecule has 146 valence electrons. The zero-order chi connectivity index (χ0) is 19.6. The van der Waals surface area contributed by atoms with Crippen LogP contribution < -0.4 is 10.0 Å². The molecule has 9 heteroatoms. The Bertz CT molecular complexity index is 919. The summed E-state index contributed by atoms with van der Waals surface area (Å²) in [6, 6.07) is 5.64. The molecule has 1 aromatic heterocycles. The van der Waals surface area contributed by atoms with E-state index in [1.807, 2.05) is 11.5 Å². The van der Waals surface area contributed by atoms with Crippen molar-refractivity contribution in [3.05, 3.63) is 41.5 Å². The molecule has 0 bridgehead atoms. The van der Waals surface area contributed by atoms with Crippen LogP contribution in [0.1, 0.15) is 37.5 Å². The highest BCUT2D eigenvalue weighted by molar-refractivity contribution is 7.89. The van der Waals surface area contributed by atoms with E-state index in [1.165, 1.54) is 12.1 Å². The monoisotopic (exact) mass is 391 g/mol. The molecule has 0 unspecified atom stereocenters. The average molecular weight is 391 g/mol. The summed E-state index contributed by atoms with van der Waals surface area (Å²) in [6.45, 7) is 6.56. The number of benzene rings is 1. The maximum Gasteiger partial charge on any atom is 0.241 e. The molecule has 27 heavy (non-hydrogen) atoms. The van der Waals surface area contributed by atoms with Gasteiger partial charge in [-0.25, -0.2) is 8.42 Å². The molecule has 1 aliphatic heterocycles. The Kier molecular flexibility index (Phi) is 5.61. The molecule has 1 amide bonds. The van der Waals surface area contributed by atoms with Crippen LogP contribution in [-0.2, 0) is 34.3 Å². The standard InChI is InChI=1S/C18H25N5O3S/c1-12(2)17(22-27(25,26)14-8-6-13(3)7-9-14)18(24)19-11-16-21-20-15-5-4-10-23(15)16/h6-9,12,17,22H,4-5,10-11H2,1-3H3,(H,19,24)/t17-/m0/s1. The van der Waals surface area contributed by atoms with Crippen LogP contribution >= 0.6 is 0 Å². The van der Waals surface area contributed by atoms with Crippen molar-refractivity contribution in [3.63, 3.8) is 0 Å². The number of nitrogens with zero attached hydrogens (tertiary/aromatic N) is 3. The minimum absolute atomic E-state index is 0.141. The van der Waals surface area contributed by atoms with E-state index in [1.54, 1.807) is 26.0 Å². The molecule has 0 spiro atoms. The smallest absolute Gasteiger partial charge is 0.241 e. The topological polar surface area (TPSA) is 106 Å². The Hall–Kier alpha value is -2.26. The van der Waals surface area contributed by atoms with Gasteiger partial charge in [-0.2, -0.15) is 4.72 Å². The van der Waals surface area contributed by atoms with Gasteiger partial charge in [-0.1, -0.05) is 31.5 Å². The predicted molar refractivity (Wildman–Crippen MR) is 100 cm³/mol. The third kappa shape index (κ3) is 4.36. The molecular weight excluding hydrogens is 366 g/mol. The highest BCUT2D eigenvalue weighted by Crippen LogP contribution is 2.15. The molecule has 0 fully saturated rings. The number of aryl methyl sites for hydroxylation is 2. The van der Waals surface area contributed by atoms with Crippen LogP contribution in [0.4, 0.5) is 0 Å². The fourth-order valence-corrected chi connectivity index (χ4v) is 4.41. The second kappa shape index (κ2) is 7.77. The largest absolute Gasteiger partial charge is 0.347 e. The molecule has 2 heterocycles. The van der Waals surface area contributed by atoms with E-state index >= 15 is 0 Å². The van der Waals surface area contributed by atoms with Crippen molar-refractivity contribution in [1.82, 2.24) is 24.8 Å². The second-order valence-electron chi connectivity index (χ2n) is 7.16. The zero-order valence-corrected chi connectivity index (χ0v) is 16.6. The maximum absolute atomic E-state index is 12.6. The highest BCUT2D eigenvalue weighted by Gasteiger charge is 2.28. The summed E-state index contributed by atoms with van der Waals surface area (Å²) >= 11 is 0. The van der Waals surface area contributed by atoms with Crippen molar-refractivity contribution in [2.24, 2.45) is 5.92 Å². The average Bonchev–Trinajstić information content (AvgIpc) is 3.22. The SMILES string of the molecule is Cc1ccc(S(=O)(=O)N[C@H](C(=O)NCc2nnc3n2CCC3)C(C)C)cc1. The first kappa shape index (κ1) is 19.5. The number of hydrogen-bond acceptors (Lipinski definition) is 5. The van der Waals surface area contributed by atoms with E-state index < -0.39 is 16.1 Å². The van der Waals surface area contributed by atoms with Crippen LogP contribution in [0.2, 0.25) is 0 Å².